The van der Waals surface area contributed by atoms with Gasteiger partial charge in [-0.1, -0.05) is 104 Å². The van der Waals surface area contributed by atoms with Crippen molar-refractivity contribution < 1.29 is 28.6 Å². The highest BCUT2D eigenvalue weighted by Crippen LogP contribution is 2.46. The Kier molecular flexibility index (Phi) is 13.5. The average Bonchev–Trinajstić information content (AvgIpc) is 3.00. The standard InChI is InChI=1S/C35H43N4O6P/c1-24(2)20-30(35(43)38-29(33(36)41)19-11-17-26-13-6-4-7-14-26)37-31(40)23-46(44,45)32(22-27-15-8-5-9-16-27)39-34(42)28-18-10-12-25(3)21-28/h4-18,21,24,29-30,32H,19-20,22-23H2,1-3H3,(H2,36,41)(H,37,40)(H,38,43)(H,39,42)(H,44,45)/b17-11+/t29-,30-,32?/m0/s1. The van der Waals surface area contributed by atoms with Crippen LogP contribution in [0, 0.1) is 12.8 Å². The maximum Gasteiger partial charge on any atom is 0.251 e. The molecule has 6 N–H and O–H groups in total. The summed E-state index contributed by atoms with van der Waals surface area (Å²) in [7, 11) is -4.38. The van der Waals surface area contributed by atoms with E-state index in [-0.39, 0.29) is 25.2 Å². The molecule has 0 aromatic heterocycles. The van der Waals surface area contributed by atoms with Crippen LogP contribution in [-0.2, 0) is 25.4 Å². The number of nitrogens with one attached hydrogen (secondary N) is 3. The molecule has 0 saturated heterocycles. The number of hydrogen-bond acceptors (Lipinski definition) is 5. The Morgan fingerprint density at radius 3 is 2.13 bits per heavy atom. The van der Waals surface area contributed by atoms with E-state index in [0.29, 0.717) is 11.1 Å². The first-order chi connectivity index (χ1) is 21.8. The van der Waals surface area contributed by atoms with Gasteiger partial charge in [0, 0.05) is 12.0 Å². The van der Waals surface area contributed by atoms with E-state index >= 15 is 0 Å². The Hall–Kier alpha value is -4.53. The minimum Gasteiger partial charge on any atom is -0.368 e. The quantitative estimate of drug-likeness (QED) is 0.147. The van der Waals surface area contributed by atoms with Crippen molar-refractivity contribution in [2.45, 2.75) is 57.9 Å². The maximum atomic E-state index is 13.7. The molecule has 0 radical (unpaired) electrons. The number of nitrogens with two attached hydrogens (primary N) is 1. The summed E-state index contributed by atoms with van der Waals surface area (Å²) in [6.07, 6.45) is 3.03. The van der Waals surface area contributed by atoms with Crippen molar-refractivity contribution in [2.24, 2.45) is 11.7 Å². The molecule has 10 nitrogen and oxygen atoms in total. The Bertz CT molecular complexity index is 1560. The first kappa shape index (κ1) is 35.9. The lowest BCUT2D eigenvalue weighted by Crippen LogP contribution is -2.53. The van der Waals surface area contributed by atoms with Crippen molar-refractivity contribution in [3.8, 4) is 0 Å². The van der Waals surface area contributed by atoms with Crippen LogP contribution in [0.1, 0.15) is 53.7 Å². The van der Waals surface area contributed by atoms with Crippen LogP contribution in [0.4, 0.5) is 0 Å². The molecule has 0 spiro atoms. The van der Waals surface area contributed by atoms with Crippen LogP contribution < -0.4 is 21.7 Å². The Labute approximate surface area is 270 Å². The zero-order chi connectivity index (χ0) is 33.7. The summed E-state index contributed by atoms with van der Waals surface area (Å²) in [5.74, 6) is -4.08. The molecule has 0 bridgehead atoms. The molecule has 4 atom stereocenters. The van der Waals surface area contributed by atoms with E-state index in [2.05, 4.69) is 16.0 Å². The predicted octanol–water partition coefficient (Wildman–Crippen LogP) is 4.17. The highest BCUT2D eigenvalue weighted by Gasteiger charge is 2.36. The summed E-state index contributed by atoms with van der Waals surface area (Å²) >= 11 is 0. The largest absolute Gasteiger partial charge is 0.368 e. The van der Waals surface area contributed by atoms with Crippen molar-refractivity contribution in [2.75, 3.05) is 6.16 Å². The number of benzene rings is 3. The minimum atomic E-state index is -4.38. The smallest absolute Gasteiger partial charge is 0.251 e. The van der Waals surface area contributed by atoms with Crippen LogP contribution >= 0.6 is 7.37 Å². The highest BCUT2D eigenvalue weighted by atomic mass is 31.2. The predicted molar refractivity (Wildman–Crippen MR) is 180 cm³/mol. The van der Waals surface area contributed by atoms with E-state index in [9.17, 15) is 28.6 Å². The zero-order valence-electron chi connectivity index (χ0n) is 26.4. The van der Waals surface area contributed by atoms with Crippen LogP contribution in [0.5, 0.6) is 0 Å². The van der Waals surface area contributed by atoms with Gasteiger partial charge in [0.15, 0.2) is 0 Å². The molecule has 0 heterocycles. The molecule has 2 unspecified atom stereocenters. The molecule has 3 rings (SSSR count). The van der Waals surface area contributed by atoms with E-state index in [1.54, 1.807) is 60.7 Å². The van der Waals surface area contributed by atoms with Gasteiger partial charge in [0.2, 0.25) is 25.1 Å². The topological polar surface area (TPSA) is 168 Å². The fraction of sp³-hybridized carbons (Fsp3) is 0.314. The second-order valence-corrected chi connectivity index (χ2v) is 14.2. The molecule has 0 aliphatic heterocycles. The Morgan fingerprint density at radius 1 is 0.870 bits per heavy atom. The minimum absolute atomic E-state index is 0.00610. The van der Waals surface area contributed by atoms with Crippen molar-refractivity contribution in [3.63, 3.8) is 0 Å². The molecular weight excluding hydrogens is 603 g/mol. The van der Waals surface area contributed by atoms with Gasteiger partial charge < -0.3 is 26.6 Å². The van der Waals surface area contributed by atoms with Crippen molar-refractivity contribution in [1.29, 1.82) is 0 Å². The van der Waals surface area contributed by atoms with Gasteiger partial charge in [-0.2, -0.15) is 0 Å². The third-order valence-electron chi connectivity index (χ3n) is 7.21. The van der Waals surface area contributed by atoms with Crippen LogP contribution in [0.2, 0.25) is 0 Å². The van der Waals surface area contributed by atoms with Crippen LogP contribution in [0.25, 0.3) is 6.08 Å². The van der Waals surface area contributed by atoms with Gasteiger partial charge in [-0.25, -0.2) is 0 Å². The van der Waals surface area contributed by atoms with Gasteiger partial charge in [-0.15, -0.1) is 0 Å². The molecular formula is C35H43N4O6P. The first-order valence-corrected chi connectivity index (χ1v) is 17.1. The molecule has 4 amide bonds. The zero-order valence-corrected chi connectivity index (χ0v) is 27.3. The molecule has 46 heavy (non-hydrogen) atoms. The number of aryl methyl sites for hydroxylation is 1. The summed E-state index contributed by atoms with van der Waals surface area (Å²) < 4.78 is 13.7. The monoisotopic (exact) mass is 646 g/mol. The lowest BCUT2D eigenvalue weighted by Gasteiger charge is -2.26. The normalized spacial score (nSPS) is 14.5. The molecule has 0 fully saturated rings. The summed E-state index contributed by atoms with van der Waals surface area (Å²) in [6.45, 7) is 5.54. The summed E-state index contributed by atoms with van der Waals surface area (Å²) in [5.41, 5.74) is 8.33. The van der Waals surface area contributed by atoms with Gasteiger partial charge in [-0.05, 0) is 48.9 Å². The third kappa shape index (κ3) is 11.8. The molecule has 3 aromatic carbocycles. The van der Waals surface area contributed by atoms with Crippen molar-refractivity contribution in [3.05, 3.63) is 113 Å². The Balaban J connectivity index is 1.73. The highest BCUT2D eigenvalue weighted by molar-refractivity contribution is 7.59. The molecule has 11 heteroatoms. The molecule has 3 aromatic rings. The van der Waals surface area contributed by atoms with Gasteiger partial charge in [0.05, 0.1) is 0 Å². The van der Waals surface area contributed by atoms with E-state index in [1.165, 1.54) is 0 Å². The molecule has 0 saturated carbocycles. The van der Waals surface area contributed by atoms with Crippen LogP contribution in [0.3, 0.4) is 0 Å². The first-order valence-electron chi connectivity index (χ1n) is 15.2. The molecule has 244 valence electrons. The number of amides is 4. The van der Waals surface area contributed by atoms with Crippen molar-refractivity contribution in [1.82, 2.24) is 16.0 Å². The van der Waals surface area contributed by atoms with Gasteiger partial charge in [0.1, 0.15) is 24.0 Å². The fourth-order valence-corrected chi connectivity index (χ4v) is 6.37. The van der Waals surface area contributed by atoms with E-state index in [1.807, 2.05) is 57.2 Å². The number of hydrogen-bond donors (Lipinski definition) is 5. The molecule has 0 aliphatic carbocycles. The summed E-state index contributed by atoms with van der Waals surface area (Å²) in [6, 6.07) is 23.0. The van der Waals surface area contributed by atoms with Gasteiger partial charge in [0.25, 0.3) is 5.91 Å². The van der Waals surface area contributed by atoms with E-state index < -0.39 is 55.0 Å². The maximum absolute atomic E-state index is 13.7. The second-order valence-electron chi connectivity index (χ2n) is 11.7. The second kappa shape index (κ2) is 17.2. The summed E-state index contributed by atoms with van der Waals surface area (Å²) in [4.78, 5) is 63.0. The average molecular weight is 647 g/mol. The van der Waals surface area contributed by atoms with Crippen molar-refractivity contribution >= 4 is 37.1 Å². The lowest BCUT2D eigenvalue weighted by atomic mass is 10.0. The number of rotatable bonds is 16. The molecule has 0 aliphatic rings. The number of carbonyl (C=O) groups is 4. The van der Waals surface area contributed by atoms with Gasteiger partial charge in [-0.3, -0.25) is 23.7 Å². The Morgan fingerprint density at radius 2 is 1.52 bits per heavy atom. The summed E-state index contributed by atoms with van der Waals surface area (Å²) in [5, 5.41) is 7.85. The van der Waals surface area contributed by atoms with E-state index in [0.717, 1.165) is 11.1 Å². The SMILES string of the molecule is Cc1cccc(C(=O)NC(Cc2ccccc2)P(=O)(O)CC(=O)N[C@@H](CC(C)C)C(=O)N[C@@H](C/C=C/c2ccccc2)C(N)=O)c1. The fourth-order valence-electron chi connectivity index (χ4n) is 4.83. The van der Waals surface area contributed by atoms with Gasteiger partial charge >= 0.3 is 0 Å². The third-order valence-corrected chi connectivity index (χ3v) is 9.23. The van der Waals surface area contributed by atoms with E-state index in [4.69, 9.17) is 5.73 Å². The number of primary amides is 1. The van der Waals surface area contributed by atoms with Crippen LogP contribution in [0.15, 0.2) is 91.0 Å². The number of carbonyl (C=O) groups excluding carboxylic acids is 4. The lowest BCUT2D eigenvalue weighted by molar-refractivity contribution is -0.131. The van der Waals surface area contributed by atoms with Crippen LogP contribution in [-0.4, -0.2) is 52.6 Å².